The molecule has 0 aromatic heterocycles. The predicted octanol–water partition coefficient (Wildman–Crippen LogP) is 2.03. The first-order chi connectivity index (χ1) is 13.0. The zero-order valence-corrected chi connectivity index (χ0v) is 16.9. The van der Waals surface area contributed by atoms with Crippen molar-refractivity contribution in [2.24, 2.45) is 22.7 Å². The van der Waals surface area contributed by atoms with Gasteiger partial charge in [0.15, 0.2) is 0 Å². The van der Waals surface area contributed by atoms with E-state index in [0.29, 0.717) is 12.8 Å². The number of hydrogen-bond acceptors (Lipinski definition) is 5. The van der Waals surface area contributed by atoms with Crippen LogP contribution in [0.4, 0.5) is 0 Å². The molecule has 1 aliphatic heterocycles. The topological polar surface area (TPSA) is 111 Å². The Labute approximate surface area is 165 Å². The fourth-order valence-electron chi connectivity index (χ4n) is 6.69. The summed E-state index contributed by atoms with van der Waals surface area (Å²) in [5.41, 5.74) is -0.636. The van der Waals surface area contributed by atoms with Crippen molar-refractivity contribution in [3.63, 3.8) is 0 Å². The summed E-state index contributed by atoms with van der Waals surface area (Å²) in [7, 11) is 0. The number of carboxylic acids is 1. The highest BCUT2D eigenvalue weighted by atomic mass is 16.6. The van der Waals surface area contributed by atoms with Crippen molar-refractivity contribution in [2.75, 3.05) is 0 Å². The Morgan fingerprint density at radius 3 is 2.57 bits per heavy atom. The lowest BCUT2D eigenvalue weighted by atomic mass is 9.47. The second-order valence-electron chi connectivity index (χ2n) is 9.98. The number of ether oxygens (including phenoxy) is 1. The third-order valence-electron chi connectivity index (χ3n) is 8.63. The normalized spacial score (nSPS) is 53.1. The molecule has 0 amide bonds. The summed E-state index contributed by atoms with van der Waals surface area (Å²) < 4.78 is 5.84. The van der Waals surface area contributed by atoms with Crippen LogP contribution in [0.5, 0.6) is 0 Å². The number of carbonyl (C=O) groups is 1. The molecule has 4 N–H and O–H groups in total. The van der Waals surface area contributed by atoms with Crippen LogP contribution < -0.4 is 0 Å². The van der Waals surface area contributed by atoms with Crippen molar-refractivity contribution in [1.82, 2.24) is 0 Å². The Morgan fingerprint density at radius 1 is 1.25 bits per heavy atom. The minimum Gasteiger partial charge on any atom is -0.481 e. The van der Waals surface area contributed by atoms with Gasteiger partial charge in [0, 0.05) is 0 Å². The van der Waals surface area contributed by atoms with Crippen LogP contribution in [0.2, 0.25) is 0 Å². The van der Waals surface area contributed by atoms with Crippen molar-refractivity contribution in [3.8, 4) is 0 Å². The molecule has 28 heavy (non-hydrogen) atoms. The Morgan fingerprint density at radius 2 is 1.93 bits per heavy atom. The number of hydrogen-bond donors (Lipinski definition) is 4. The van der Waals surface area contributed by atoms with E-state index in [4.69, 9.17) is 4.74 Å². The van der Waals surface area contributed by atoms with E-state index in [1.165, 1.54) is 5.57 Å². The van der Waals surface area contributed by atoms with E-state index in [2.05, 4.69) is 26.5 Å². The maximum atomic E-state index is 12.1. The number of aliphatic carboxylic acids is 1. The summed E-state index contributed by atoms with van der Waals surface area (Å²) in [6, 6.07) is 0. The van der Waals surface area contributed by atoms with E-state index in [0.717, 1.165) is 19.3 Å². The molecule has 1 heterocycles. The van der Waals surface area contributed by atoms with Gasteiger partial charge in [0.05, 0.1) is 5.41 Å². The SMILES string of the molecule is C=C1[C@@H](O)[C@H](O)[C@]2(C[C@@H]3C(C)=CC[C@H]4[C@@]3(C)CCC[C@@]4(C)C(=O)O)O[C@@H]2[C@H]1O. The van der Waals surface area contributed by atoms with Crippen LogP contribution in [0, 0.1) is 22.7 Å². The van der Waals surface area contributed by atoms with Crippen molar-refractivity contribution in [1.29, 1.82) is 0 Å². The monoisotopic (exact) mass is 392 g/mol. The summed E-state index contributed by atoms with van der Waals surface area (Å²) in [4.78, 5) is 12.1. The van der Waals surface area contributed by atoms with Gasteiger partial charge in [-0.3, -0.25) is 4.79 Å². The van der Waals surface area contributed by atoms with Crippen LogP contribution in [0.25, 0.3) is 0 Å². The molecule has 4 aliphatic rings. The van der Waals surface area contributed by atoms with Crippen LogP contribution in [0.3, 0.4) is 0 Å². The number of aliphatic hydroxyl groups is 3. The summed E-state index contributed by atoms with van der Waals surface area (Å²) >= 11 is 0. The van der Waals surface area contributed by atoms with Gasteiger partial charge in [-0.05, 0) is 62.4 Å². The number of carboxylic acid groups (broad SMARTS) is 1. The molecule has 9 atom stereocenters. The van der Waals surface area contributed by atoms with E-state index < -0.39 is 41.4 Å². The first-order valence-corrected chi connectivity index (χ1v) is 10.3. The van der Waals surface area contributed by atoms with Crippen molar-refractivity contribution < 1.29 is 30.0 Å². The maximum absolute atomic E-state index is 12.1. The maximum Gasteiger partial charge on any atom is 0.309 e. The fourth-order valence-corrected chi connectivity index (χ4v) is 6.69. The number of allylic oxidation sites excluding steroid dienone is 2. The van der Waals surface area contributed by atoms with E-state index in [1.54, 1.807) is 0 Å². The summed E-state index contributed by atoms with van der Waals surface area (Å²) in [6.45, 7) is 9.80. The minimum atomic E-state index is -1.22. The Hall–Kier alpha value is -1.21. The first kappa shape index (κ1) is 20.1. The summed E-state index contributed by atoms with van der Waals surface area (Å²) in [5.74, 6) is -0.719. The molecule has 2 saturated carbocycles. The smallest absolute Gasteiger partial charge is 0.309 e. The van der Waals surface area contributed by atoms with Gasteiger partial charge in [-0.2, -0.15) is 0 Å². The molecule has 6 nitrogen and oxygen atoms in total. The summed E-state index contributed by atoms with van der Waals surface area (Å²) in [6.07, 6.45) is 1.86. The van der Waals surface area contributed by atoms with Gasteiger partial charge in [0.2, 0.25) is 0 Å². The summed E-state index contributed by atoms with van der Waals surface area (Å²) in [5, 5.41) is 41.5. The molecule has 0 radical (unpaired) electrons. The van der Waals surface area contributed by atoms with Gasteiger partial charge < -0.3 is 25.2 Å². The third-order valence-corrected chi connectivity index (χ3v) is 8.63. The second kappa shape index (κ2) is 6.14. The average Bonchev–Trinajstić information content (AvgIpc) is 3.37. The highest BCUT2D eigenvalue weighted by molar-refractivity contribution is 5.75. The van der Waals surface area contributed by atoms with Gasteiger partial charge in [0.25, 0.3) is 0 Å². The van der Waals surface area contributed by atoms with Gasteiger partial charge in [-0.1, -0.05) is 31.6 Å². The highest BCUT2D eigenvalue weighted by Crippen LogP contribution is 2.64. The van der Waals surface area contributed by atoms with Gasteiger partial charge in [-0.15, -0.1) is 0 Å². The average molecular weight is 392 g/mol. The minimum absolute atomic E-state index is 0.000837. The van der Waals surface area contributed by atoms with Gasteiger partial charge >= 0.3 is 5.97 Å². The van der Waals surface area contributed by atoms with E-state index in [1.807, 2.05) is 6.92 Å². The van der Waals surface area contributed by atoms with Crippen LogP contribution in [0.1, 0.15) is 52.9 Å². The molecule has 0 aromatic carbocycles. The zero-order valence-electron chi connectivity index (χ0n) is 16.9. The second-order valence-corrected chi connectivity index (χ2v) is 9.98. The Bertz CT molecular complexity index is 745. The van der Waals surface area contributed by atoms with Crippen LogP contribution in [-0.2, 0) is 9.53 Å². The number of fused-ring (bicyclic) bond motifs is 2. The standard InChI is InChI=1S/C22H32O6/c1-11-6-7-14-20(3,8-5-9-21(14,4)19(26)27)13(11)10-22-17(25)15(23)12(2)16(24)18(22)28-22/h6,13-18,23-25H,2,5,7-10H2,1,3-4H3,(H,26,27)/t13-,14+,15-,16+,17+,18-,20+,21-,22+/m1/s1. The van der Waals surface area contributed by atoms with E-state index in [9.17, 15) is 25.2 Å². The molecule has 156 valence electrons. The molecule has 1 saturated heterocycles. The zero-order chi connectivity index (χ0) is 20.6. The number of epoxide rings is 1. The molecule has 0 spiro atoms. The van der Waals surface area contributed by atoms with E-state index in [-0.39, 0.29) is 22.8 Å². The lowest BCUT2D eigenvalue weighted by Crippen LogP contribution is -2.56. The fraction of sp³-hybridized carbons (Fsp3) is 0.773. The quantitative estimate of drug-likeness (QED) is 0.432. The van der Waals surface area contributed by atoms with Gasteiger partial charge in [-0.25, -0.2) is 0 Å². The van der Waals surface area contributed by atoms with E-state index >= 15 is 0 Å². The largest absolute Gasteiger partial charge is 0.481 e. The van der Waals surface area contributed by atoms with Crippen molar-refractivity contribution >= 4 is 5.97 Å². The first-order valence-electron chi connectivity index (χ1n) is 10.3. The Kier molecular flexibility index (Phi) is 4.41. The van der Waals surface area contributed by atoms with Crippen molar-refractivity contribution in [2.45, 2.75) is 82.9 Å². The van der Waals surface area contributed by atoms with Crippen LogP contribution in [0.15, 0.2) is 23.8 Å². The molecular formula is C22H32O6. The van der Waals surface area contributed by atoms with Gasteiger partial charge in [0.1, 0.15) is 30.0 Å². The highest BCUT2D eigenvalue weighted by Gasteiger charge is 2.71. The molecule has 0 bridgehead atoms. The number of aliphatic hydroxyl groups excluding tert-OH is 3. The van der Waals surface area contributed by atoms with Crippen molar-refractivity contribution in [3.05, 3.63) is 23.8 Å². The predicted molar refractivity (Wildman–Crippen MR) is 102 cm³/mol. The van der Waals surface area contributed by atoms with Crippen LogP contribution >= 0.6 is 0 Å². The molecule has 0 aromatic rings. The lowest BCUT2D eigenvalue weighted by molar-refractivity contribution is -0.163. The lowest BCUT2D eigenvalue weighted by Gasteiger charge is -2.56. The Balaban J connectivity index is 1.68. The third kappa shape index (κ3) is 2.44. The molecule has 4 rings (SSSR count). The number of rotatable bonds is 3. The molecule has 6 heteroatoms. The molecule has 0 unspecified atom stereocenters. The molecule has 3 fully saturated rings. The molecular weight excluding hydrogens is 360 g/mol. The van der Waals surface area contributed by atoms with Crippen LogP contribution in [-0.4, -0.2) is 56.4 Å². The molecule has 3 aliphatic carbocycles.